The summed E-state index contributed by atoms with van der Waals surface area (Å²) in [5.41, 5.74) is 5.86. The topological polar surface area (TPSA) is 75.9 Å². The number of rotatable bonds is 1. The standard InChI is InChI=1S/C18H27N3O3/c1-17(2,3)24-16(23)21-11-10-20(12-18(21,4)5)15(22)13-6-8-14(19)9-7-13/h6-9H,10-12,19H2,1-5H3. The largest absolute Gasteiger partial charge is 0.444 e. The molecule has 1 fully saturated rings. The Kier molecular flexibility index (Phi) is 4.78. The summed E-state index contributed by atoms with van der Waals surface area (Å²) in [5.74, 6) is -0.0492. The van der Waals surface area contributed by atoms with Crippen LogP contribution in [0.15, 0.2) is 24.3 Å². The van der Waals surface area contributed by atoms with E-state index in [9.17, 15) is 9.59 Å². The molecule has 0 bridgehead atoms. The van der Waals surface area contributed by atoms with Gasteiger partial charge < -0.3 is 15.4 Å². The number of carbonyl (C=O) groups is 2. The Morgan fingerprint density at radius 1 is 1.12 bits per heavy atom. The minimum atomic E-state index is -0.538. The second-order valence-corrected chi connectivity index (χ2v) is 7.79. The molecule has 0 spiro atoms. The number of hydrogen-bond acceptors (Lipinski definition) is 4. The monoisotopic (exact) mass is 333 g/mol. The fourth-order valence-corrected chi connectivity index (χ4v) is 2.79. The molecule has 2 rings (SSSR count). The van der Waals surface area contributed by atoms with Gasteiger partial charge in [0.05, 0.1) is 5.54 Å². The predicted molar refractivity (Wildman–Crippen MR) is 93.8 cm³/mol. The molecule has 24 heavy (non-hydrogen) atoms. The fraction of sp³-hybridized carbons (Fsp3) is 0.556. The van der Waals surface area contributed by atoms with Gasteiger partial charge in [0.15, 0.2) is 0 Å². The van der Waals surface area contributed by atoms with E-state index in [1.54, 1.807) is 34.1 Å². The molecule has 0 saturated carbocycles. The minimum absolute atomic E-state index is 0.0492. The maximum Gasteiger partial charge on any atom is 0.410 e. The van der Waals surface area contributed by atoms with E-state index in [1.165, 1.54) is 0 Å². The Balaban J connectivity index is 2.08. The highest BCUT2D eigenvalue weighted by Gasteiger charge is 2.40. The average molecular weight is 333 g/mol. The summed E-state index contributed by atoms with van der Waals surface area (Å²) in [6.07, 6.45) is -0.341. The third-order valence-electron chi connectivity index (χ3n) is 3.96. The van der Waals surface area contributed by atoms with Crippen molar-refractivity contribution in [2.24, 2.45) is 0 Å². The summed E-state index contributed by atoms with van der Waals surface area (Å²) < 4.78 is 5.48. The number of ether oxygens (including phenoxy) is 1. The lowest BCUT2D eigenvalue weighted by atomic mass is 9.98. The van der Waals surface area contributed by atoms with E-state index in [-0.39, 0.29) is 12.0 Å². The Morgan fingerprint density at radius 2 is 1.71 bits per heavy atom. The molecular weight excluding hydrogens is 306 g/mol. The number of nitrogen functional groups attached to an aromatic ring is 1. The predicted octanol–water partition coefficient (Wildman–Crippen LogP) is 2.74. The first-order valence-electron chi connectivity index (χ1n) is 8.15. The molecule has 2 amide bonds. The van der Waals surface area contributed by atoms with Crippen molar-refractivity contribution in [3.8, 4) is 0 Å². The van der Waals surface area contributed by atoms with E-state index in [0.29, 0.717) is 30.9 Å². The van der Waals surface area contributed by atoms with E-state index < -0.39 is 11.1 Å². The van der Waals surface area contributed by atoms with Gasteiger partial charge in [0.25, 0.3) is 5.91 Å². The van der Waals surface area contributed by atoms with Crippen molar-refractivity contribution in [1.29, 1.82) is 0 Å². The summed E-state index contributed by atoms with van der Waals surface area (Å²) in [6, 6.07) is 6.89. The zero-order chi connectivity index (χ0) is 18.1. The normalized spacial score (nSPS) is 17.5. The quantitative estimate of drug-likeness (QED) is 0.802. The number of piperazine rings is 1. The van der Waals surface area contributed by atoms with E-state index >= 15 is 0 Å². The van der Waals surface area contributed by atoms with E-state index in [1.807, 2.05) is 34.6 Å². The summed E-state index contributed by atoms with van der Waals surface area (Å²) in [5, 5.41) is 0. The van der Waals surface area contributed by atoms with Gasteiger partial charge in [-0.05, 0) is 58.9 Å². The van der Waals surface area contributed by atoms with Crippen molar-refractivity contribution in [3.05, 3.63) is 29.8 Å². The van der Waals surface area contributed by atoms with Gasteiger partial charge in [-0.25, -0.2) is 4.79 Å². The summed E-state index contributed by atoms with van der Waals surface area (Å²) >= 11 is 0. The second-order valence-electron chi connectivity index (χ2n) is 7.79. The fourth-order valence-electron chi connectivity index (χ4n) is 2.79. The highest BCUT2D eigenvalue weighted by Crippen LogP contribution is 2.25. The number of benzene rings is 1. The third kappa shape index (κ3) is 4.19. The Morgan fingerprint density at radius 3 is 2.21 bits per heavy atom. The first kappa shape index (κ1) is 18.1. The zero-order valence-corrected chi connectivity index (χ0v) is 15.1. The molecule has 0 atom stereocenters. The average Bonchev–Trinajstić information content (AvgIpc) is 2.44. The smallest absolute Gasteiger partial charge is 0.410 e. The van der Waals surface area contributed by atoms with Crippen LogP contribution in [0.25, 0.3) is 0 Å². The molecule has 1 heterocycles. The third-order valence-corrected chi connectivity index (χ3v) is 3.96. The van der Waals surface area contributed by atoms with Gasteiger partial charge >= 0.3 is 6.09 Å². The molecule has 132 valence electrons. The number of amides is 2. The van der Waals surface area contributed by atoms with Gasteiger partial charge in [0.2, 0.25) is 0 Å². The number of carbonyl (C=O) groups excluding carboxylic acids is 2. The molecule has 1 aromatic carbocycles. The molecule has 0 unspecified atom stereocenters. The highest BCUT2D eigenvalue weighted by molar-refractivity contribution is 5.94. The van der Waals surface area contributed by atoms with Crippen molar-refractivity contribution in [3.63, 3.8) is 0 Å². The van der Waals surface area contributed by atoms with Crippen molar-refractivity contribution in [2.45, 2.75) is 45.8 Å². The molecule has 1 aliphatic rings. The van der Waals surface area contributed by atoms with Crippen LogP contribution in [0, 0.1) is 0 Å². The number of anilines is 1. The maximum absolute atomic E-state index is 12.7. The van der Waals surface area contributed by atoms with Gasteiger partial charge in [-0.2, -0.15) is 0 Å². The van der Waals surface area contributed by atoms with E-state index in [4.69, 9.17) is 10.5 Å². The molecule has 0 radical (unpaired) electrons. The van der Waals surface area contributed by atoms with Crippen LogP contribution >= 0.6 is 0 Å². The second kappa shape index (κ2) is 6.34. The minimum Gasteiger partial charge on any atom is -0.444 e. The van der Waals surface area contributed by atoms with Crippen LogP contribution in [0.3, 0.4) is 0 Å². The summed E-state index contributed by atoms with van der Waals surface area (Å²) in [7, 11) is 0. The van der Waals surface area contributed by atoms with E-state index in [2.05, 4.69) is 0 Å². The SMILES string of the molecule is CC(C)(C)OC(=O)N1CCN(C(=O)c2ccc(N)cc2)CC1(C)C. The first-order valence-corrected chi connectivity index (χ1v) is 8.15. The van der Waals surface area contributed by atoms with Crippen LogP contribution in [0.4, 0.5) is 10.5 Å². The van der Waals surface area contributed by atoms with Gasteiger partial charge in [0.1, 0.15) is 5.60 Å². The Bertz CT molecular complexity index is 617. The van der Waals surface area contributed by atoms with Gasteiger partial charge in [-0.3, -0.25) is 9.69 Å². The molecule has 6 nitrogen and oxygen atoms in total. The van der Waals surface area contributed by atoms with Gasteiger partial charge in [0, 0.05) is 30.9 Å². The van der Waals surface area contributed by atoms with Crippen LogP contribution < -0.4 is 5.73 Å². The lowest BCUT2D eigenvalue weighted by molar-refractivity contribution is -0.0202. The summed E-state index contributed by atoms with van der Waals surface area (Å²) in [4.78, 5) is 28.5. The number of nitrogens with zero attached hydrogens (tertiary/aromatic N) is 2. The van der Waals surface area contributed by atoms with Crippen LogP contribution in [0.2, 0.25) is 0 Å². The zero-order valence-electron chi connectivity index (χ0n) is 15.1. The summed E-state index contributed by atoms with van der Waals surface area (Å²) in [6.45, 7) is 10.8. The lowest BCUT2D eigenvalue weighted by Crippen LogP contribution is -2.62. The molecule has 1 aliphatic heterocycles. The van der Waals surface area contributed by atoms with Crippen molar-refractivity contribution < 1.29 is 14.3 Å². The van der Waals surface area contributed by atoms with E-state index in [0.717, 1.165) is 0 Å². The van der Waals surface area contributed by atoms with Crippen LogP contribution in [-0.2, 0) is 4.74 Å². The van der Waals surface area contributed by atoms with Gasteiger partial charge in [-0.1, -0.05) is 0 Å². The molecule has 0 aromatic heterocycles. The molecule has 1 saturated heterocycles. The van der Waals surface area contributed by atoms with Crippen LogP contribution in [0.1, 0.15) is 45.0 Å². The lowest BCUT2D eigenvalue weighted by Gasteiger charge is -2.47. The van der Waals surface area contributed by atoms with Crippen molar-refractivity contribution in [2.75, 3.05) is 25.4 Å². The van der Waals surface area contributed by atoms with Gasteiger partial charge in [-0.15, -0.1) is 0 Å². The van der Waals surface area contributed by atoms with Crippen LogP contribution in [0.5, 0.6) is 0 Å². The Labute approximate surface area is 143 Å². The van der Waals surface area contributed by atoms with Crippen LogP contribution in [-0.4, -0.2) is 52.6 Å². The molecule has 2 N–H and O–H groups in total. The van der Waals surface area contributed by atoms with Crippen molar-refractivity contribution in [1.82, 2.24) is 9.80 Å². The molecule has 1 aromatic rings. The van der Waals surface area contributed by atoms with Crippen molar-refractivity contribution >= 4 is 17.7 Å². The number of nitrogens with two attached hydrogens (primary N) is 1. The maximum atomic E-state index is 12.7. The Hall–Kier alpha value is -2.24. The molecule has 6 heteroatoms. The first-order chi connectivity index (χ1) is 11.0. The number of hydrogen-bond donors (Lipinski definition) is 1. The molecular formula is C18H27N3O3. The highest BCUT2D eigenvalue weighted by atomic mass is 16.6. The molecule has 0 aliphatic carbocycles.